The second kappa shape index (κ2) is 9.42. The van der Waals surface area contributed by atoms with Crippen LogP contribution in [-0.2, 0) is 6.54 Å². The maximum absolute atomic E-state index is 6.09. The molecule has 0 spiro atoms. The Morgan fingerprint density at radius 1 is 0.968 bits per heavy atom. The Balaban J connectivity index is 1.44. The number of rotatable bonds is 6. The van der Waals surface area contributed by atoms with E-state index >= 15 is 0 Å². The highest BCUT2D eigenvalue weighted by molar-refractivity contribution is 6.29. The van der Waals surface area contributed by atoms with E-state index in [9.17, 15) is 0 Å². The van der Waals surface area contributed by atoms with E-state index in [4.69, 9.17) is 11.6 Å². The van der Waals surface area contributed by atoms with Gasteiger partial charge in [0.25, 0.3) is 0 Å². The fourth-order valence-corrected chi connectivity index (χ4v) is 4.79. The first-order valence-corrected chi connectivity index (χ1v) is 11.6. The molecule has 0 bridgehead atoms. The summed E-state index contributed by atoms with van der Waals surface area (Å²) in [6.07, 6.45) is 7.08. The zero-order chi connectivity index (χ0) is 21.0. The zero-order valence-electron chi connectivity index (χ0n) is 17.6. The van der Waals surface area contributed by atoms with E-state index in [2.05, 4.69) is 48.5 Å². The Morgan fingerprint density at radius 3 is 2.58 bits per heavy atom. The first kappa shape index (κ1) is 20.5. The van der Waals surface area contributed by atoms with E-state index in [-0.39, 0.29) is 6.04 Å². The molecule has 7 nitrogen and oxygen atoms in total. The number of hydrogen-bond acceptors (Lipinski definition) is 6. The van der Waals surface area contributed by atoms with Crippen LogP contribution >= 0.6 is 11.6 Å². The Kier molecular flexibility index (Phi) is 6.25. The summed E-state index contributed by atoms with van der Waals surface area (Å²) in [6, 6.07) is 15.0. The third kappa shape index (κ3) is 4.63. The van der Waals surface area contributed by atoms with Crippen LogP contribution in [0, 0.1) is 0 Å². The quantitative estimate of drug-likeness (QED) is 0.550. The van der Waals surface area contributed by atoms with Crippen LogP contribution in [0.3, 0.4) is 0 Å². The van der Waals surface area contributed by atoms with Crippen LogP contribution < -0.4 is 0 Å². The molecule has 0 radical (unpaired) electrons. The predicted molar refractivity (Wildman–Crippen MR) is 120 cm³/mol. The molecule has 8 heteroatoms. The Hall–Kier alpha value is -2.35. The van der Waals surface area contributed by atoms with Crippen LogP contribution in [0.25, 0.3) is 0 Å². The molecule has 162 valence electrons. The lowest BCUT2D eigenvalue weighted by atomic mass is 9.91. The second-order valence-electron chi connectivity index (χ2n) is 8.51. The maximum Gasteiger partial charge on any atom is 0.173 e. The highest BCUT2D eigenvalue weighted by atomic mass is 35.5. The molecule has 2 aromatic heterocycles. The lowest BCUT2D eigenvalue weighted by Gasteiger charge is -2.37. The van der Waals surface area contributed by atoms with E-state index in [1.54, 1.807) is 0 Å². The number of nitrogens with zero attached hydrogens (tertiary/aromatic N) is 7. The van der Waals surface area contributed by atoms with Gasteiger partial charge >= 0.3 is 0 Å². The molecule has 3 heterocycles. The SMILES string of the molecule is Clc1ccc(C(c2nnnn2Cc2ccccc2)N2CCCN(C3CCC3)CC2)cn1. The van der Waals surface area contributed by atoms with Gasteiger partial charge in [-0.3, -0.25) is 9.80 Å². The fourth-order valence-electron chi connectivity index (χ4n) is 4.68. The minimum Gasteiger partial charge on any atom is -0.299 e. The predicted octanol–water partition coefficient (Wildman–Crippen LogP) is 3.42. The zero-order valence-corrected chi connectivity index (χ0v) is 18.4. The largest absolute Gasteiger partial charge is 0.299 e. The molecule has 1 saturated carbocycles. The summed E-state index contributed by atoms with van der Waals surface area (Å²) >= 11 is 6.09. The minimum absolute atomic E-state index is 0.0511. The molecule has 1 atom stereocenters. The van der Waals surface area contributed by atoms with Crippen molar-refractivity contribution in [2.75, 3.05) is 26.2 Å². The Morgan fingerprint density at radius 2 is 1.84 bits per heavy atom. The molecule has 1 saturated heterocycles. The molecular weight excluding hydrogens is 410 g/mol. The van der Waals surface area contributed by atoms with Gasteiger partial charge in [-0.05, 0) is 53.4 Å². The van der Waals surface area contributed by atoms with Gasteiger partial charge in [0.05, 0.1) is 12.6 Å². The van der Waals surface area contributed by atoms with Crippen LogP contribution in [0.5, 0.6) is 0 Å². The van der Waals surface area contributed by atoms with Crippen LogP contribution in [0.2, 0.25) is 5.15 Å². The van der Waals surface area contributed by atoms with E-state index in [1.165, 1.54) is 31.4 Å². The smallest absolute Gasteiger partial charge is 0.173 e. The normalized spacial score (nSPS) is 19.6. The van der Waals surface area contributed by atoms with Crippen LogP contribution in [-0.4, -0.2) is 67.2 Å². The van der Waals surface area contributed by atoms with E-state index < -0.39 is 0 Å². The van der Waals surface area contributed by atoms with Crippen molar-refractivity contribution in [2.24, 2.45) is 0 Å². The van der Waals surface area contributed by atoms with E-state index in [0.29, 0.717) is 11.7 Å². The summed E-state index contributed by atoms with van der Waals surface area (Å²) < 4.78 is 1.92. The molecule has 3 aromatic rings. The standard InChI is InChI=1S/C23H28ClN7/c24-21-11-10-19(16-25-21)22(30-13-5-12-29(14-15-30)20-8-4-9-20)23-26-27-28-31(23)17-18-6-2-1-3-7-18/h1-3,6-7,10-11,16,20,22H,4-5,8-9,12-15,17H2. The first-order valence-electron chi connectivity index (χ1n) is 11.2. The number of aromatic nitrogens is 5. The minimum atomic E-state index is -0.0511. The topological polar surface area (TPSA) is 63.0 Å². The number of tetrazole rings is 1. The fraction of sp³-hybridized carbons (Fsp3) is 0.478. The number of halogens is 1. The molecule has 1 aliphatic heterocycles. The summed E-state index contributed by atoms with van der Waals surface area (Å²) in [5, 5.41) is 13.4. The lowest BCUT2D eigenvalue weighted by molar-refractivity contribution is 0.127. The van der Waals surface area contributed by atoms with Crippen molar-refractivity contribution in [2.45, 2.75) is 44.3 Å². The number of hydrogen-bond donors (Lipinski definition) is 0. The van der Waals surface area contributed by atoms with Crippen molar-refractivity contribution in [3.05, 3.63) is 70.8 Å². The van der Waals surface area contributed by atoms with Crippen LogP contribution in [0.1, 0.15) is 48.7 Å². The first-order chi connectivity index (χ1) is 15.3. The van der Waals surface area contributed by atoms with E-state index in [1.807, 2.05) is 35.1 Å². The highest BCUT2D eigenvalue weighted by Gasteiger charge is 2.32. The van der Waals surface area contributed by atoms with Gasteiger partial charge in [0, 0.05) is 31.9 Å². The van der Waals surface area contributed by atoms with Gasteiger partial charge in [0.1, 0.15) is 5.15 Å². The number of benzene rings is 1. The van der Waals surface area contributed by atoms with Crippen molar-refractivity contribution in [1.29, 1.82) is 0 Å². The van der Waals surface area contributed by atoms with Crippen molar-refractivity contribution < 1.29 is 0 Å². The molecule has 5 rings (SSSR count). The van der Waals surface area contributed by atoms with Crippen molar-refractivity contribution in [1.82, 2.24) is 35.0 Å². The van der Waals surface area contributed by atoms with Gasteiger partial charge < -0.3 is 0 Å². The average Bonchev–Trinajstić information content (AvgIpc) is 3.06. The molecule has 0 N–H and O–H groups in total. The summed E-state index contributed by atoms with van der Waals surface area (Å²) in [4.78, 5) is 9.54. The third-order valence-corrected chi connectivity index (χ3v) is 6.79. The maximum atomic E-state index is 6.09. The number of pyridine rings is 1. The summed E-state index contributed by atoms with van der Waals surface area (Å²) in [5.41, 5.74) is 2.25. The van der Waals surface area contributed by atoms with Gasteiger partial charge in [0.2, 0.25) is 0 Å². The third-order valence-electron chi connectivity index (χ3n) is 6.57. The van der Waals surface area contributed by atoms with Crippen molar-refractivity contribution in [3.63, 3.8) is 0 Å². The molecule has 0 amide bonds. The van der Waals surface area contributed by atoms with Crippen molar-refractivity contribution >= 4 is 11.6 Å². The molecule has 1 aromatic carbocycles. The Labute approximate surface area is 188 Å². The average molecular weight is 438 g/mol. The molecule has 1 unspecified atom stereocenters. The summed E-state index contributed by atoms with van der Waals surface area (Å²) in [5.74, 6) is 0.852. The van der Waals surface area contributed by atoms with Crippen LogP contribution in [0.4, 0.5) is 0 Å². The van der Waals surface area contributed by atoms with Gasteiger partial charge in [-0.15, -0.1) is 5.10 Å². The molecular formula is C23H28ClN7. The highest BCUT2D eigenvalue weighted by Crippen LogP contribution is 2.31. The van der Waals surface area contributed by atoms with Gasteiger partial charge in [0.15, 0.2) is 5.82 Å². The van der Waals surface area contributed by atoms with Crippen LogP contribution in [0.15, 0.2) is 48.7 Å². The summed E-state index contributed by atoms with van der Waals surface area (Å²) in [7, 11) is 0. The molecule has 2 aliphatic rings. The van der Waals surface area contributed by atoms with E-state index in [0.717, 1.165) is 43.5 Å². The van der Waals surface area contributed by atoms with Gasteiger partial charge in [-0.25, -0.2) is 9.67 Å². The lowest BCUT2D eigenvalue weighted by Crippen LogP contribution is -2.42. The second-order valence-corrected chi connectivity index (χ2v) is 8.89. The van der Waals surface area contributed by atoms with Gasteiger partial charge in [-0.1, -0.05) is 54.4 Å². The summed E-state index contributed by atoms with van der Waals surface area (Å²) in [6.45, 7) is 4.89. The molecule has 1 aliphatic carbocycles. The molecule has 31 heavy (non-hydrogen) atoms. The van der Waals surface area contributed by atoms with Gasteiger partial charge in [-0.2, -0.15) is 0 Å². The monoisotopic (exact) mass is 437 g/mol. The Bertz CT molecular complexity index is 971. The molecule has 2 fully saturated rings. The van der Waals surface area contributed by atoms with Crippen molar-refractivity contribution in [3.8, 4) is 0 Å².